The lowest BCUT2D eigenvalue weighted by Crippen LogP contribution is -2.42. The maximum absolute atomic E-state index is 11.9. The van der Waals surface area contributed by atoms with Crippen LogP contribution in [0, 0.1) is 5.92 Å². The van der Waals surface area contributed by atoms with E-state index in [1.54, 1.807) is 4.90 Å². The molecular weight excluding hydrogens is 230 g/mol. The molecule has 1 aliphatic carbocycles. The molecule has 0 aromatic carbocycles. The molecule has 0 aromatic heterocycles. The molecule has 0 spiro atoms. The molecule has 0 radical (unpaired) electrons. The first-order valence-corrected chi connectivity index (χ1v) is 6.90. The predicted octanol–water partition coefficient (Wildman–Crippen LogP) is 2.79. The van der Waals surface area contributed by atoms with Gasteiger partial charge in [-0.2, -0.15) is 0 Å². The Kier molecular flexibility index (Phi) is 5.45. The zero-order valence-corrected chi connectivity index (χ0v) is 12.1. The number of carbonyl (C=O) groups is 1. The van der Waals surface area contributed by atoms with Crippen molar-refractivity contribution in [2.75, 3.05) is 13.7 Å². The highest BCUT2D eigenvalue weighted by Gasteiger charge is 2.28. The SMILES string of the molecule is CN(C(=O)OC(C)(C)C)[C@H]1CC[C@H](CCO)CC1. The molecule has 106 valence electrons. The lowest BCUT2D eigenvalue weighted by Gasteiger charge is -2.35. The summed E-state index contributed by atoms with van der Waals surface area (Å²) < 4.78 is 5.37. The second-order valence-corrected chi connectivity index (χ2v) is 6.28. The summed E-state index contributed by atoms with van der Waals surface area (Å²) in [5.41, 5.74) is -0.431. The van der Waals surface area contributed by atoms with Crippen molar-refractivity contribution in [3.8, 4) is 0 Å². The summed E-state index contributed by atoms with van der Waals surface area (Å²) in [6.07, 6.45) is 4.88. The number of carbonyl (C=O) groups excluding carboxylic acids is 1. The Morgan fingerprint density at radius 3 is 2.28 bits per heavy atom. The van der Waals surface area contributed by atoms with E-state index in [1.165, 1.54) is 0 Å². The van der Waals surface area contributed by atoms with Crippen molar-refractivity contribution < 1.29 is 14.6 Å². The Bertz CT molecular complexity index is 265. The Morgan fingerprint density at radius 2 is 1.83 bits per heavy atom. The molecule has 1 amide bonds. The zero-order chi connectivity index (χ0) is 13.8. The molecule has 0 aromatic rings. The van der Waals surface area contributed by atoms with Crippen LogP contribution >= 0.6 is 0 Å². The van der Waals surface area contributed by atoms with Gasteiger partial charge in [-0.05, 0) is 58.8 Å². The highest BCUT2D eigenvalue weighted by molar-refractivity contribution is 5.68. The van der Waals surface area contributed by atoms with E-state index in [1.807, 2.05) is 27.8 Å². The van der Waals surface area contributed by atoms with E-state index in [4.69, 9.17) is 9.84 Å². The zero-order valence-electron chi connectivity index (χ0n) is 12.1. The molecule has 18 heavy (non-hydrogen) atoms. The highest BCUT2D eigenvalue weighted by atomic mass is 16.6. The molecule has 1 fully saturated rings. The molecule has 0 heterocycles. The van der Waals surface area contributed by atoms with Crippen molar-refractivity contribution in [1.82, 2.24) is 4.90 Å². The Morgan fingerprint density at radius 1 is 1.28 bits per heavy atom. The van der Waals surface area contributed by atoms with Gasteiger partial charge in [0.2, 0.25) is 0 Å². The molecule has 1 rings (SSSR count). The first-order valence-electron chi connectivity index (χ1n) is 6.90. The Hall–Kier alpha value is -0.770. The van der Waals surface area contributed by atoms with E-state index in [-0.39, 0.29) is 18.7 Å². The minimum Gasteiger partial charge on any atom is -0.444 e. The fraction of sp³-hybridized carbons (Fsp3) is 0.929. The summed E-state index contributed by atoms with van der Waals surface area (Å²) in [6, 6.07) is 0.287. The van der Waals surface area contributed by atoms with Crippen molar-refractivity contribution in [3.05, 3.63) is 0 Å². The van der Waals surface area contributed by atoms with Gasteiger partial charge in [0.25, 0.3) is 0 Å². The molecule has 1 aliphatic rings. The van der Waals surface area contributed by atoms with Gasteiger partial charge >= 0.3 is 6.09 Å². The molecule has 0 aliphatic heterocycles. The average Bonchev–Trinajstić information content (AvgIpc) is 2.27. The van der Waals surface area contributed by atoms with Gasteiger partial charge in [0.1, 0.15) is 5.60 Å². The molecule has 4 heteroatoms. The minimum absolute atomic E-state index is 0.229. The van der Waals surface area contributed by atoms with Gasteiger partial charge in [0.15, 0.2) is 0 Å². The van der Waals surface area contributed by atoms with Crippen LogP contribution in [0.4, 0.5) is 4.79 Å². The second-order valence-electron chi connectivity index (χ2n) is 6.28. The number of ether oxygens (including phenoxy) is 1. The molecular formula is C14H27NO3. The predicted molar refractivity (Wildman–Crippen MR) is 71.4 cm³/mol. The van der Waals surface area contributed by atoms with Crippen molar-refractivity contribution in [3.63, 3.8) is 0 Å². The van der Waals surface area contributed by atoms with Crippen LogP contribution < -0.4 is 0 Å². The first kappa shape index (κ1) is 15.3. The number of amides is 1. The van der Waals surface area contributed by atoms with E-state index < -0.39 is 5.60 Å². The third-order valence-corrected chi connectivity index (χ3v) is 3.58. The first-order chi connectivity index (χ1) is 8.33. The van der Waals surface area contributed by atoms with Crippen LogP contribution in [0.25, 0.3) is 0 Å². The van der Waals surface area contributed by atoms with Crippen LogP contribution in [-0.2, 0) is 4.74 Å². The maximum Gasteiger partial charge on any atom is 0.410 e. The standard InChI is InChI=1S/C14H27NO3/c1-14(2,3)18-13(17)15(4)12-7-5-11(6-8-12)9-10-16/h11-12,16H,5-10H2,1-4H3/t11-,12-. The lowest BCUT2D eigenvalue weighted by atomic mass is 9.84. The molecule has 1 saturated carbocycles. The van der Waals surface area contributed by atoms with Crippen LogP contribution in [0.3, 0.4) is 0 Å². The minimum atomic E-state index is -0.431. The normalized spacial score (nSPS) is 24.7. The highest BCUT2D eigenvalue weighted by Crippen LogP contribution is 2.29. The van der Waals surface area contributed by atoms with Crippen LogP contribution in [-0.4, -0.2) is 41.4 Å². The van der Waals surface area contributed by atoms with Gasteiger partial charge in [-0.25, -0.2) is 4.79 Å². The number of hydrogen-bond acceptors (Lipinski definition) is 3. The average molecular weight is 257 g/mol. The molecule has 0 atom stereocenters. The van der Waals surface area contributed by atoms with Crippen LogP contribution in [0.1, 0.15) is 52.9 Å². The summed E-state index contributed by atoms with van der Waals surface area (Å²) in [6.45, 7) is 5.93. The fourth-order valence-corrected chi connectivity index (χ4v) is 2.49. The van der Waals surface area contributed by atoms with E-state index >= 15 is 0 Å². The number of nitrogens with zero attached hydrogens (tertiary/aromatic N) is 1. The largest absolute Gasteiger partial charge is 0.444 e. The van der Waals surface area contributed by atoms with E-state index in [0.29, 0.717) is 5.92 Å². The Labute approximate surface area is 110 Å². The van der Waals surface area contributed by atoms with E-state index in [9.17, 15) is 4.79 Å². The third kappa shape index (κ3) is 4.84. The Balaban J connectivity index is 2.40. The van der Waals surface area contributed by atoms with Gasteiger partial charge in [-0.3, -0.25) is 0 Å². The summed E-state index contributed by atoms with van der Waals surface area (Å²) in [5.74, 6) is 0.623. The molecule has 0 bridgehead atoms. The number of hydrogen-bond donors (Lipinski definition) is 1. The van der Waals surface area contributed by atoms with Crippen LogP contribution in [0.15, 0.2) is 0 Å². The van der Waals surface area contributed by atoms with Crippen molar-refractivity contribution >= 4 is 6.09 Å². The maximum atomic E-state index is 11.9. The number of aliphatic hydroxyl groups is 1. The summed E-state index contributed by atoms with van der Waals surface area (Å²) in [4.78, 5) is 13.7. The van der Waals surface area contributed by atoms with Gasteiger partial charge in [0.05, 0.1) is 0 Å². The number of rotatable bonds is 3. The van der Waals surface area contributed by atoms with Gasteiger partial charge in [-0.15, -0.1) is 0 Å². The summed E-state index contributed by atoms with van der Waals surface area (Å²) in [7, 11) is 1.82. The van der Waals surface area contributed by atoms with Gasteiger partial charge in [-0.1, -0.05) is 0 Å². The van der Waals surface area contributed by atoms with E-state index in [0.717, 1.165) is 32.1 Å². The van der Waals surface area contributed by atoms with E-state index in [2.05, 4.69) is 0 Å². The summed E-state index contributed by atoms with van der Waals surface area (Å²) in [5, 5.41) is 8.92. The molecule has 0 unspecified atom stereocenters. The van der Waals surface area contributed by atoms with Crippen LogP contribution in [0.2, 0.25) is 0 Å². The molecule has 0 saturated heterocycles. The smallest absolute Gasteiger partial charge is 0.410 e. The van der Waals surface area contributed by atoms with Crippen molar-refractivity contribution in [2.24, 2.45) is 5.92 Å². The topological polar surface area (TPSA) is 49.8 Å². The lowest BCUT2D eigenvalue weighted by molar-refractivity contribution is 0.0167. The summed E-state index contributed by atoms with van der Waals surface area (Å²) >= 11 is 0. The monoisotopic (exact) mass is 257 g/mol. The van der Waals surface area contributed by atoms with Crippen molar-refractivity contribution in [2.45, 2.75) is 64.5 Å². The van der Waals surface area contributed by atoms with Gasteiger partial charge < -0.3 is 14.7 Å². The molecule has 4 nitrogen and oxygen atoms in total. The van der Waals surface area contributed by atoms with Gasteiger partial charge in [0, 0.05) is 19.7 Å². The quantitative estimate of drug-likeness (QED) is 0.845. The number of aliphatic hydroxyl groups excluding tert-OH is 1. The van der Waals surface area contributed by atoms with Crippen molar-refractivity contribution in [1.29, 1.82) is 0 Å². The fourth-order valence-electron chi connectivity index (χ4n) is 2.49. The molecule has 1 N–H and O–H groups in total. The third-order valence-electron chi connectivity index (χ3n) is 3.58. The van der Waals surface area contributed by atoms with Crippen LogP contribution in [0.5, 0.6) is 0 Å². The second kappa shape index (κ2) is 6.41.